The molecule has 2 heteroatoms. The molecule has 0 radical (unpaired) electrons. The molecule has 1 aromatic rings. The summed E-state index contributed by atoms with van der Waals surface area (Å²) in [5, 5.41) is 4.25. The second-order valence-corrected chi connectivity index (χ2v) is 5.43. The summed E-state index contributed by atoms with van der Waals surface area (Å²) in [5.41, 5.74) is 2.60. The van der Waals surface area contributed by atoms with Gasteiger partial charge in [-0.3, -0.25) is 0 Å². The zero-order valence-corrected chi connectivity index (χ0v) is 11.5. The first-order valence-corrected chi connectivity index (χ1v) is 7.09. The van der Waals surface area contributed by atoms with Crippen molar-refractivity contribution < 1.29 is 0 Å². The maximum atomic E-state index is 6.20. The molecule has 2 rings (SSSR count). The molecule has 1 aromatic carbocycles. The molecule has 0 unspecified atom stereocenters. The molecular formula is C16H20ClN. The lowest BCUT2D eigenvalue weighted by molar-refractivity contribution is 0.372. The molecule has 0 bridgehead atoms. The number of hydrogen-bond acceptors (Lipinski definition) is 1. The highest BCUT2D eigenvalue weighted by Crippen LogP contribution is 2.23. The van der Waals surface area contributed by atoms with Gasteiger partial charge in [0.25, 0.3) is 0 Å². The fourth-order valence-corrected chi connectivity index (χ4v) is 2.78. The van der Waals surface area contributed by atoms with E-state index in [1.807, 2.05) is 6.07 Å². The molecule has 1 saturated heterocycles. The Labute approximate surface area is 115 Å². The maximum Gasteiger partial charge on any atom is 0.0438 e. The first-order valence-electron chi connectivity index (χ1n) is 6.71. The van der Waals surface area contributed by atoms with Gasteiger partial charge in [0.2, 0.25) is 0 Å². The van der Waals surface area contributed by atoms with Gasteiger partial charge in [0.15, 0.2) is 0 Å². The van der Waals surface area contributed by atoms with E-state index in [1.165, 1.54) is 30.4 Å². The Morgan fingerprint density at radius 1 is 1.33 bits per heavy atom. The van der Waals surface area contributed by atoms with Gasteiger partial charge in [-0.25, -0.2) is 0 Å². The van der Waals surface area contributed by atoms with E-state index in [-0.39, 0.29) is 0 Å². The molecule has 1 N–H and O–H groups in total. The van der Waals surface area contributed by atoms with Gasteiger partial charge < -0.3 is 5.32 Å². The molecule has 1 aliphatic heterocycles. The predicted molar refractivity (Wildman–Crippen MR) is 77.9 cm³/mol. The molecule has 1 aliphatic rings. The van der Waals surface area contributed by atoms with Crippen molar-refractivity contribution >= 4 is 11.6 Å². The zero-order valence-electron chi connectivity index (χ0n) is 10.7. The number of piperidine rings is 1. The van der Waals surface area contributed by atoms with Crippen LogP contribution in [0, 0.1) is 18.3 Å². The number of nitrogens with one attached hydrogen (secondary N) is 1. The van der Waals surface area contributed by atoms with Crippen LogP contribution in [0.25, 0.3) is 0 Å². The van der Waals surface area contributed by atoms with Crippen molar-refractivity contribution in [3.05, 3.63) is 34.3 Å². The van der Waals surface area contributed by atoms with Crippen molar-refractivity contribution in [2.24, 2.45) is 5.92 Å². The Morgan fingerprint density at radius 3 is 2.83 bits per heavy atom. The Morgan fingerprint density at radius 2 is 2.11 bits per heavy atom. The van der Waals surface area contributed by atoms with Crippen molar-refractivity contribution in [1.82, 2.24) is 5.32 Å². The van der Waals surface area contributed by atoms with Crippen LogP contribution in [0.15, 0.2) is 18.2 Å². The van der Waals surface area contributed by atoms with Crippen molar-refractivity contribution in [3.8, 4) is 12.3 Å². The molecule has 1 fully saturated rings. The van der Waals surface area contributed by atoms with Crippen LogP contribution in [0.3, 0.4) is 0 Å². The van der Waals surface area contributed by atoms with Crippen LogP contribution >= 0.6 is 11.6 Å². The fourth-order valence-electron chi connectivity index (χ4n) is 2.57. The summed E-state index contributed by atoms with van der Waals surface area (Å²) in [6, 6.07) is 6.41. The van der Waals surface area contributed by atoms with Crippen LogP contribution in [0.4, 0.5) is 0 Å². The Hall–Kier alpha value is -0.970. The quantitative estimate of drug-likeness (QED) is 0.819. The minimum Gasteiger partial charge on any atom is -0.317 e. The van der Waals surface area contributed by atoms with E-state index in [2.05, 4.69) is 23.4 Å². The molecule has 0 atom stereocenters. The third-order valence-corrected chi connectivity index (χ3v) is 4.00. The number of rotatable bonds is 4. The minimum atomic E-state index is 0.760. The summed E-state index contributed by atoms with van der Waals surface area (Å²) in [5.74, 6) is 3.49. The van der Waals surface area contributed by atoms with Crippen molar-refractivity contribution in [3.63, 3.8) is 0 Å². The third kappa shape index (κ3) is 3.77. The summed E-state index contributed by atoms with van der Waals surface area (Å²) < 4.78 is 0. The zero-order chi connectivity index (χ0) is 12.8. The Kier molecular flexibility index (Phi) is 5.11. The van der Waals surface area contributed by atoms with E-state index >= 15 is 0 Å². The average molecular weight is 262 g/mol. The van der Waals surface area contributed by atoms with Gasteiger partial charge in [0.05, 0.1) is 0 Å². The molecule has 0 amide bonds. The van der Waals surface area contributed by atoms with Crippen molar-refractivity contribution in [2.45, 2.75) is 32.1 Å². The van der Waals surface area contributed by atoms with Gasteiger partial charge in [-0.15, -0.1) is 12.3 Å². The van der Waals surface area contributed by atoms with E-state index in [0.717, 1.165) is 36.9 Å². The SMILES string of the molecule is C#CCCc1cc(CC2CCNCC2)ccc1Cl. The second-order valence-electron chi connectivity index (χ2n) is 5.03. The van der Waals surface area contributed by atoms with E-state index in [4.69, 9.17) is 18.0 Å². The summed E-state index contributed by atoms with van der Waals surface area (Å²) >= 11 is 6.20. The molecule has 0 aliphatic carbocycles. The minimum absolute atomic E-state index is 0.760. The van der Waals surface area contributed by atoms with Gasteiger partial charge in [-0.2, -0.15) is 0 Å². The molecule has 0 spiro atoms. The first-order chi connectivity index (χ1) is 8.79. The molecule has 0 saturated carbocycles. The highest BCUT2D eigenvalue weighted by molar-refractivity contribution is 6.31. The summed E-state index contributed by atoms with van der Waals surface area (Å²) in [6.45, 7) is 2.31. The summed E-state index contributed by atoms with van der Waals surface area (Å²) in [4.78, 5) is 0. The van der Waals surface area contributed by atoms with E-state index < -0.39 is 0 Å². The summed E-state index contributed by atoms with van der Waals surface area (Å²) in [6.07, 6.45) is 10.7. The molecule has 1 heterocycles. The smallest absolute Gasteiger partial charge is 0.0438 e. The topological polar surface area (TPSA) is 12.0 Å². The second kappa shape index (κ2) is 6.83. The largest absolute Gasteiger partial charge is 0.317 e. The van der Waals surface area contributed by atoms with Gasteiger partial charge in [-0.1, -0.05) is 23.7 Å². The maximum absolute atomic E-state index is 6.20. The van der Waals surface area contributed by atoms with Crippen LogP contribution in [0.5, 0.6) is 0 Å². The number of halogens is 1. The van der Waals surface area contributed by atoms with Gasteiger partial charge in [-0.05, 0) is 61.9 Å². The number of hydrogen-bond donors (Lipinski definition) is 1. The molecule has 96 valence electrons. The Bertz CT molecular complexity index is 427. The molecule has 0 aromatic heterocycles. The van der Waals surface area contributed by atoms with Gasteiger partial charge >= 0.3 is 0 Å². The lowest BCUT2D eigenvalue weighted by Crippen LogP contribution is -2.28. The van der Waals surface area contributed by atoms with E-state index in [9.17, 15) is 0 Å². The fraction of sp³-hybridized carbons (Fsp3) is 0.500. The van der Waals surface area contributed by atoms with Crippen LogP contribution in [-0.4, -0.2) is 13.1 Å². The highest BCUT2D eigenvalue weighted by atomic mass is 35.5. The molecule has 1 nitrogen and oxygen atoms in total. The summed E-state index contributed by atoms with van der Waals surface area (Å²) in [7, 11) is 0. The van der Waals surface area contributed by atoms with Crippen LogP contribution in [0.1, 0.15) is 30.4 Å². The van der Waals surface area contributed by atoms with Crippen LogP contribution in [0.2, 0.25) is 5.02 Å². The monoisotopic (exact) mass is 261 g/mol. The van der Waals surface area contributed by atoms with E-state index in [1.54, 1.807) is 0 Å². The lowest BCUT2D eigenvalue weighted by Gasteiger charge is -2.22. The van der Waals surface area contributed by atoms with Gasteiger partial charge in [0, 0.05) is 11.4 Å². The Balaban J connectivity index is 2.01. The first kappa shape index (κ1) is 13.5. The number of benzene rings is 1. The van der Waals surface area contributed by atoms with Crippen LogP contribution < -0.4 is 5.32 Å². The highest BCUT2D eigenvalue weighted by Gasteiger charge is 2.14. The number of terminal acetylenes is 1. The third-order valence-electron chi connectivity index (χ3n) is 3.63. The predicted octanol–water partition coefficient (Wildman–Crippen LogP) is 3.45. The van der Waals surface area contributed by atoms with Gasteiger partial charge in [0.1, 0.15) is 0 Å². The van der Waals surface area contributed by atoms with Crippen molar-refractivity contribution in [2.75, 3.05) is 13.1 Å². The van der Waals surface area contributed by atoms with Crippen LogP contribution in [-0.2, 0) is 12.8 Å². The lowest BCUT2D eigenvalue weighted by atomic mass is 9.90. The standard InChI is InChI=1S/C16H20ClN/c1-2-3-4-15-12-14(5-6-16(15)17)11-13-7-9-18-10-8-13/h1,5-6,12-13,18H,3-4,7-11H2. The number of aryl methyl sites for hydroxylation is 1. The van der Waals surface area contributed by atoms with E-state index in [0.29, 0.717) is 0 Å². The average Bonchev–Trinajstić information content (AvgIpc) is 2.40. The molecule has 18 heavy (non-hydrogen) atoms. The molecular weight excluding hydrogens is 242 g/mol. The van der Waals surface area contributed by atoms with Crippen molar-refractivity contribution in [1.29, 1.82) is 0 Å². The normalized spacial score (nSPS) is 16.4.